The van der Waals surface area contributed by atoms with Gasteiger partial charge in [-0.25, -0.2) is 4.98 Å². The minimum absolute atomic E-state index is 0.303. The van der Waals surface area contributed by atoms with E-state index in [1.54, 1.807) is 12.1 Å². The standard InChI is InChI=1S/C23H26N2O2/c26-19-9-7-16(8-10-19)15-1-5-18(6-2-15)23(27)22-20(17-3-4-17)11-12-25-14-24-13-21(22)25/h7-15,17-18,23,26-27H,1-6H2/t15?,18?,23-/m0/s1. The number of imidazole rings is 1. The number of nitrogens with zero attached hydrogens (tertiary/aromatic N) is 2. The molecule has 2 N–H and O–H groups in total. The molecule has 0 aliphatic heterocycles. The second-order valence-electron chi connectivity index (χ2n) is 8.29. The van der Waals surface area contributed by atoms with E-state index in [9.17, 15) is 10.2 Å². The molecule has 27 heavy (non-hydrogen) atoms. The Morgan fingerprint density at radius 2 is 1.63 bits per heavy atom. The minimum Gasteiger partial charge on any atom is -0.508 e. The van der Waals surface area contributed by atoms with Crippen LogP contribution in [0.2, 0.25) is 0 Å². The Morgan fingerprint density at radius 1 is 0.926 bits per heavy atom. The molecule has 0 saturated heterocycles. The molecule has 1 aromatic carbocycles. The highest BCUT2D eigenvalue weighted by atomic mass is 16.3. The van der Waals surface area contributed by atoms with Gasteiger partial charge < -0.3 is 14.6 Å². The highest BCUT2D eigenvalue weighted by molar-refractivity contribution is 5.59. The van der Waals surface area contributed by atoms with Crippen molar-refractivity contribution in [2.24, 2.45) is 5.92 Å². The highest BCUT2D eigenvalue weighted by Crippen LogP contribution is 2.48. The SMILES string of the molecule is Oc1ccc(C2CCC([C@H](O)c3c(C4CC4)ccn4cncc34)CC2)cc1. The minimum atomic E-state index is -0.415. The largest absolute Gasteiger partial charge is 0.508 e. The van der Waals surface area contributed by atoms with Crippen LogP contribution in [0.5, 0.6) is 5.75 Å². The fraction of sp³-hybridized carbons (Fsp3) is 0.435. The summed E-state index contributed by atoms with van der Waals surface area (Å²) < 4.78 is 2.03. The first-order chi connectivity index (χ1) is 13.2. The number of aliphatic hydroxyl groups is 1. The fourth-order valence-electron chi connectivity index (χ4n) is 4.85. The first-order valence-electron chi connectivity index (χ1n) is 10.1. The van der Waals surface area contributed by atoms with Crippen LogP contribution < -0.4 is 0 Å². The smallest absolute Gasteiger partial charge is 0.115 e. The third kappa shape index (κ3) is 3.12. The quantitative estimate of drug-likeness (QED) is 0.692. The number of hydrogen-bond acceptors (Lipinski definition) is 3. The van der Waals surface area contributed by atoms with Crippen LogP contribution >= 0.6 is 0 Å². The number of aromatic hydroxyl groups is 1. The van der Waals surface area contributed by atoms with Gasteiger partial charge in [0, 0.05) is 11.8 Å². The van der Waals surface area contributed by atoms with Crippen LogP contribution in [-0.2, 0) is 0 Å². The van der Waals surface area contributed by atoms with Crippen molar-refractivity contribution in [3.8, 4) is 5.75 Å². The normalized spacial score (nSPS) is 24.2. The van der Waals surface area contributed by atoms with Crippen molar-refractivity contribution < 1.29 is 10.2 Å². The molecule has 0 amide bonds. The summed E-state index contributed by atoms with van der Waals surface area (Å²) in [6.45, 7) is 0. The molecule has 5 rings (SSSR count). The van der Waals surface area contributed by atoms with Gasteiger partial charge in [0.15, 0.2) is 0 Å². The zero-order chi connectivity index (χ0) is 18.4. The van der Waals surface area contributed by atoms with Gasteiger partial charge in [-0.2, -0.15) is 0 Å². The monoisotopic (exact) mass is 362 g/mol. The van der Waals surface area contributed by atoms with E-state index in [0.29, 0.717) is 23.5 Å². The lowest BCUT2D eigenvalue weighted by molar-refractivity contribution is 0.0810. The molecule has 4 nitrogen and oxygen atoms in total. The number of phenolic OH excluding ortho intramolecular Hbond substituents is 1. The van der Waals surface area contributed by atoms with Crippen molar-refractivity contribution in [1.82, 2.24) is 9.38 Å². The second-order valence-corrected chi connectivity index (χ2v) is 8.29. The summed E-state index contributed by atoms with van der Waals surface area (Å²) in [5.41, 5.74) is 4.81. The third-order valence-corrected chi connectivity index (χ3v) is 6.56. The van der Waals surface area contributed by atoms with Gasteiger partial charge in [-0.15, -0.1) is 0 Å². The number of aliphatic hydroxyl groups excluding tert-OH is 1. The zero-order valence-corrected chi connectivity index (χ0v) is 15.5. The first kappa shape index (κ1) is 16.8. The van der Waals surface area contributed by atoms with Crippen molar-refractivity contribution in [3.63, 3.8) is 0 Å². The molecule has 1 atom stereocenters. The van der Waals surface area contributed by atoms with Crippen LogP contribution in [0.1, 0.15) is 73.2 Å². The zero-order valence-electron chi connectivity index (χ0n) is 15.5. The molecule has 0 radical (unpaired) electrons. The average Bonchev–Trinajstić information content (AvgIpc) is 3.44. The van der Waals surface area contributed by atoms with Crippen LogP contribution in [0.4, 0.5) is 0 Å². The van der Waals surface area contributed by atoms with Gasteiger partial charge in [-0.05, 0) is 85.6 Å². The first-order valence-corrected chi connectivity index (χ1v) is 10.1. The molecule has 4 heteroatoms. The van der Waals surface area contributed by atoms with Crippen molar-refractivity contribution in [2.75, 3.05) is 0 Å². The predicted octanol–water partition coefficient (Wildman–Crippen LogP) is 4.92. The summed E-state index contributed by atoms with van der Waals surface area (Å²) >= 11 is 0. The van der Waals surface area contributed by atoms with E-state index in [4.69, 9.17) is 0 Å². The van der Waals surface area contributed by atoms with Gasteiger partial charge >= 0.3 is 0 Å². The molecule has 0 unspecified atom stereocenters. The van der Waals surface area contributed by atoms with E-state index in [0.717, 1.165) is 36.8 Å². The molecule has 2 aromatic heterocycles. The van der Waals surface area contributed by atoms with E-state index in [1.165, 1.54) is 24.0 Å². The van der Waals surface area contributed by atoms with Gasteiger partial charge in [0.1, 0.15) is 5.75 Å². The Labute approximate surface area is 159 Å². The van der Waals surface area contributed by atoms with Gasteiger partial charge in [-0.3, -0.25) is 0 Å². The molecule has 3 aromatic rings. The van der Waals surface area contributed by atoms with E-state index in [1.807, 2.05) is 29.1 Å². The van der Waals surface area contributed by atoms with E-state index in [2.05, 4.69) is 17.2 Å². The van der Waals surface area contributed by atoms with Gasteiger partial charge in [-0.1, -0.05) is 12.1 Å². The molecule has 2 heterocycles. The van der Waals surface area contributed by atoms with Crippen molar-refractivity contribution in [3.05, 3.63) is 65.7 Å². The van der Waals surface area contributed by atoms with E-state index >= 15 is 0 Å². The second kappa shape index (κ2) is 6.68. The maximum Gasteiger partial charge on any atom is 0.115 e. The number of hydrogen-bond donors (Lipinski definition) is 2. The number of pyridine rings is 1. The lowest BCUT2D eigenvalue weighted by Gasteiger charge is -2.33. The van der Waals surface area contributed by atoms with Crippen LogP contribution in [0, 0.1) is 5.92 Å². The molecular weight excluding hydrogens is 336 g/mol. The summed E-state index contributed by atoms with van der Waals surface area (Å²) in [5, 5.41) is 20.8. The Bertz CT molecular complexity index is 935. The summed E-state index contributed by atoms with van der Waals surface area (Å²) in [6.07, 6.45) is 12.1. The Hall–Kier alpha value is -2.33. The molecule has 0 bridgehead atoms. The molecular formula is C23H26N2O2. The highest BCUT2D eigenvalue weighted by Gasteiger charge is 2.34. The predicted molar refractivity (Wildman–Crippen MR) is 105 cm³/mol. The molecule has 140 valence electrons. The summed E-state index contributed by atoms with van der Waals surface area (Å²) in [7, 11) is 0. The van der Waals surface area contributed by atoms with E-state index < -0.39 is 6.10 Å². The van der Waals surface area contributed by atoms with Gasteiger partial charge in [0.2, 0.25) is 0 Å². The third-order valence-electron chi connectivity index (χ3n) is 6.56. The number of benzene rings is 1. The van der Waals surface area contributed by atoms with Crippen LogP contribution in [0.3, 0.4) is 0 Å². The van der Waals surface area contributed by atoms with Crippen LogP contribution in [-0.4, -0.2) is 19.6 Å². The maximum absolute atomic E-state index is 11.3. The fourth-order valence-corrected chi connectivity index (χ4v) is 4.85. The Morgan fingerprint density at radius 3 is 2.33 bits per heavy atom. The van der Waals surface area contributed by atoms with Crippen LogP contribution in [0.25, 0.3) is 5.52 Å². The van der Waals surface area contributed by atoms with Crippen molar-refractivity contribution in [2.45, 2.75) is 56.5 Å². The number of rotatable bonds is 4. The Kier molecular flexibility index (Phi) is 4.16. The summed E-state index contributed by atoms with van der Waals surface area (Å²) in [4.78, 5) is 4.30. The molecule has 2 aliphatic carbocycles. The Balaban J connectivity index is 1.37. The maximum atomic E-state index is 11.3. The molecule has 0 spiro atoms. The lowest BCUT2D eigenvalue weighted by atomic mass is 9.75. The molecule has 2 aliphatic rings. The van der Waals surface area contributed by atoms with Gasteiger partial charge in [0.05, 0.1) is 24.1 Å². The van der Waals surface area contributed by atoms with Crippen LogP contribution in [0.15, 0.2) is 49.1 Å². The van der Waals surface area contributed by atoms with Crippen molar-refractivity contribution >= 4 is 5.52 Å². The number of phenols is 1. The summed E-state index contributed by atoms with van der Waals surface area (Å²) in [6, 6.07) is 9.81. The van der Waals surface area contributed by atoms with Crippen molar-refractivity contribution in [1.29, 1.82) is 0 Å². The van der Waals surface area contributed by atoms with Gasteiger partial charge in [0.25, 0.3) is 0 Å². The van der Waals surface area contributed by atoms with E-state index in [-0.39, 0.29) is 0 Å². The average molecular weight is 362 g/mol. The topological polar surface area (TPSA) is 57.8 Å². The number of fused-ring (bicyclic) bond motifs is 1. The number of aromatic nitrogens is 2. The molecule has 2 saturated carbocycles. The lowest BCUT2D eigenvalue weighted by Crippen LogP contribution is -2.21. The summed E-state index contributed by atoms with van der Waals surface area (Å²) in [5.74, 6) is 1.77. The molecule has 2 fully saturated rings.